The number of unbranched alkanes of at least 4 members (excludes halogenated alkanes) is 20. The fraction of sp³-hybridized carbons (Fsp3) is 0.705. The van der Waals surface area contributed by atoms with E-state index in [-0.39, 0.29) is 5.97 Å². The molecule has 0 radical (unpaired) electrons. The Balaban J connectivity index is 1.61. The van der Waals surface area contributed by atoms with Gasteiger partial charge in [0.1, 0.15) is 17.2 Å². The van der Waals surface area contributed by atoms with Gasteiger partial charge in [-0.15, -0.1) is 0 Å². The van der Waals surface area contributed by atoms with E-state index in [9.17, 15) is 4.79 Å². The second-order valence-electron chi connectivity index (χ2n) is 14.0. The molecule has 2 aromatic rings. The highest BCUT2D eigenvalue weighted by atomic mass is 16.5. The van der Waals surface area contributed by atoms with Crippen LogP contribution in [0.3, 0.4) is 0 Å². The van der Waals surface area contributed by atoms with E-state index in [0.29, 0.717) is 6.42 Å². The van der Waals surface area contributed by atoms with Crippen molar-refractivity contribution in [2.45, 2.75) is 187 Å². The number of benzene rings is 2. The van der Waals surface area contributed by atoms with Crippen LogP contribution in [0.2, 0.25) is 0 Å². The highest BCUT2D eigenvalue weighted by molar-refractivity contribution is 5.73. The van der Waals surface area contributed by atoms with E-state index in [2.05, 4.69) is 50.2 Å². The Bertz CT molecular complexity index is 1060. The van der Waals surface area contributed by atoms with Gasteiger partial charge in [0, 0.05) is 12.0 Å². The lowest BCUT2D eigenvalue weighted by molar-refractivity contribution is -0.134. The van der Waals surface area contributed by atoms with Crippen molar-refractivity contribution in [3.8, 4) is 17.2 Å². The van der Waals surface area contributed by atoms with Crippen LogP contribution in [-0.2, 0) is 24.1 Å². The molecule has 0 aliphatic rings. The van der Waals surface area contributed by atoms with Crippen LogP contribution in [0.1, 0.15) is 185 Å². The molecule has 0 spiro atoms. The summed E-state index contributed by atoms with van der Waals surface area (Å²) in [6.45, 7) is 4.50. The molecule has 0 saturated heterocycles. The predicted octanol–water partition coefficient (Wildman–Crippen LogP) is 13.3. The lowest BCUT2D eigenvalue weighted by atomic mass is 9.99. The highest BCUT2D eigenvalue weighted by Gasteiger charge is 2.16. The minimum Gasteiger partial charge on any atom is -0.497 e. The summed E-state index contributed by atoms with van der Waals surface area (Å²) in [5, 5.41) is 0. The molecule has 4 heteroatoms. The molecule has 0 atom stereocenters. The fourth-order valence-corrected chi connectivity index (χ4v) is 6.68. The van der Waals surface area contributed by atoms with E-state index >= 15 is 0 Å². The summed E-state index contributed by atoms with van der Waals surface area (Å²) in [5.74, 6) is 2.47. The number of ether oxygens (including phenoxy) is 3. The molecule has 48 heavy (non-hydrogen) atoms. The first-order valence-electron chi connectivity index (χ1n) is 20.1. The van der Waals surface area contributed by atoms with Crippen LogP contribution in [-0.4, -0.2) is 20.2 Å². The van der Waals surface area contributed by atoms with E-state index < -0.39 is 0 Å². The maximum atomic E-state index is 13.0. The van der Waals surface area contributed by atoms with Crippen molar-refractivity contribution in [2.75, 3.05) is 14.2 Å². The van der Waals surface area contributed by atoms with Crippen molar-refractivity contribution < 1.29 is 19.0 Å². The molecule has 272 valence electrons. The first-order chi connectivity index (χ1) is 23.6. The fourth-order valence-electron chi connectivity index (χ4n) is 6.68. The molecule has 0 aliphatic carbocycles. The third-order valence-corrected chi connectivity index (χ3v) is 9.78. The van der Waals surface area contributed by atoms with Gasteiger partial charge in [0.15, 0.2) is 0 Å². The van der Waals surface area contributed by atoms with Crippen molar-refractivity contribution in [2.24, 2.45) is 0 Å². The van der Waals surface area contributed by atoms with Crippen molar-refractivity contribution >= 4 is 5.97 Å². The molecule has 0 unspecified atom stereocenters. The van der Waals surface area contributed by atoms with Gasteiger partial charge in [-0.25, -0.2) is 0 Å². The van der Waals surface area contributed by atoms with E-state index in [1.54, 1.807) is 14.2 Å². The first kappa shape index (κ1) is 41.7. The Hall–Kier alpha value is -2.49. The maximum absolute atomic E-state index is 13.0. The van der Waals surface area contributed by atoms with Gasteiger partial charge in [0.25, 0.3) is 0 Å². The largest absolute Gasteiger partial charge is 0.497 e. The Kier molecular flexibility index (Phi) is 24.6. The molecule has 0 aliphatic heterocycles. The SMILES string of the molecule is CCCCCCCCCCc1c(OC)cc(CCCCC)cc1OC(=O)CCCCCCCCCCCCCCc1ccc(OC)cc1. The zero-order valence-corrected chi connectivity index (χ0v) is 31.7. The zero-order valence-electron chi connectivity index (χ0n) is 31.7. The number of hydrogen-bond donors (Lipinski definition) is 0. The molecule has 0 saturated carbocycles. The lowest BCUT2D eigenvalue weighted by Crippen LogP contribution is -2.10. The molecular formula is C44H72O4. The quantitative estimate of drug-likeness (QED) is 0.0457. The number of methoxy groups -OCH3 is 2. The van der Waals surface area contributed by atoms with Crippen LogP contribution in [0.25, 0.3) is 0 Å². The molecule has 0 bridgehead atoms. The molecule has 0 aromatic heterocycles. The average Bonchev–Trinajstić information content (AvgIpc) is 3.10. The van der Waals surface area contributed by atoms with Crippen LogP contribution in [0.5, 0.6) is 17.2 Å². The smallest absolute Gasteiger partial charge is 0.311 e. The number of hydrogen-bond acceptors (Lipinski definition) is 4. The number of carbonyl (C=O) groups excluding carboxylic acids is 1. The Morgan fingerprint density at radius 2 is 0.917 bits per heavy atom. The van der Waals surface area contributed by atoms with Gasteiger partial charge in [-0.05, 0) is 80.3 Å². The average molecular weight is 665 g/mol. The minimum absolute atomic E-state index is 0.0936. The van der Waals surface area contributed by atoms with Crippen molar-refractivity contribution in [1.82, 2.24) is 0 Å². The Labute approximate surface area is 296 Å². The molecule has 4 nitrogen and oxygen atoms in total. The molecule has 2 aromatic carbocycles. The summed E-state index contributed by atoms with van der Waals surface area (Å²) in [6.07, 6.45) is 32.6. The zero-order chi connectivity index (χ0) is 34.5. The molecule has 0 amide bonds. The van der Waals surface area contributed by atoms with Gasteiger partial charge in [-0.1, -0.05) is 148 Å². The maximum Gasteiger partial charge on any atom is 0.311 e. The van der Waals surface area contributed by atoms with Crippen LogP contribution in [0, 0.1) is 0 Å². The first-order valence-corrected chi connectivity index (χ1v) is 20.1. The highest BCUT2D eigenvalue weighted by Crippen LogP contribution is 2.34. The van der Waals surface area contributed by atoms with Gasteiger partial charge in [0.05, 0.1) is 14.2 Å². The normalized spacial score (nSPS) is 11.2. The minimum atomic E-state index is -0.0936. The van der Waals surface area contributed by atoms with Gasteiger partial charge in [-0.3, -0.25) is 4.79 Å². The Morgan fingerprint density at radius 1 is 0.479 bits per heavy atom. The van der Waals surface area contributed by atoms with Crippen LogP contribution >= 0.6 is 0 Å². The number of rotatable bonds is 31. The Morgan fingerprint density at radius 3 is 1.46 bits per heavy atom. The summed E-state index contributed by atoms with van der Waals surface area (Å²) in [6, 6.07) is 12.8. The van der Waals surface area contributed by atoms with Crippen molar-refractivity contribution in [3.63, 3.8) is 0 Å². The second-order valence-corrected chi connectivity index (χ2v) is 14.0. The standard InChI is InChI=1S/C44H72O4/c1-5-7-9-10-11-19-22-26-30-41-42(47-4)36-39(29-24-8-6-2)37-43(41)48-44(45)31-27-23-20-17-15-13-12-14-16-18-21-25-28-38-32-34-40(46-3)35-33-38/h32-37H,5-31H2,1-4H3. The van der Waals surface area contributed by atoms with Crippen LogP contribution in [0.15, 0.2) is 36.4 Å². The monoisotopic (exact) mass is 665 g/mol. The third kappa shape index (κ3) is 19.5. The molecule has 2 rings (SSSR count). The molecular weight excluding hydrogens is 592 g/mol. The summed E-state index contributed by atoms with van der Waals surface area (Å²) < 4.78 is 17.2. The topological polar surface area (TPSA) is 44.8 Å². The van der Waals surface area contributed by atoms with E-state index in [0.717, 1.165) is 61.3 Å². The second kappa shape index (κ2) is 28.4. The number of aryl methyl sites for hydroxylation is 2. The van der Waals surface area contributed by atoms with Gasteiger partial charge < -0.3 is 14.2 Å². The third-order valence-electron chi connectivity index (χ3n) is 9.78. The summed E-state index contributed by atoms with van der Waals surface area (Å²) >= 11 is 0. The summed E-state index contributed by atoms with van der Waals surface area (Å²) in [5.41, 5.74) is 3.70. The van der Waals surface area contributed by atoms with E-state index in [1.165, 1.54) is 140 Å². The molecule has 0 fully saturated rings. The van der Waals surface area contributed by atoms with Crippen LogP contribution < -0.4 is 14.2 Å². The molecule has 0 heterocycles. The van der Waals surface area contributed by atoms with Crippen molar-refractivity contribution in [3.05, 3.63) is 53.1 Å². The van der Waals surface area contributed by atoms with Gasteiger partial charge >= 0.3 is 5.97 Å². The lowest BCUT2D eigenvalue weighted by Gasteiger charge is -2.16. The van der Waals surface area contributed by atoms with E-state index in [1.807, 2.05) is 0 Å². The van der Waals surface area contributed by atoms with E-state index in [4.69, 9.17) is 14.2 Å². The van der Waals surface area contributed by atoms with Gasteiger partial charge in [-0.2, -0.15) is 0 Å². The van der Waals surface area contributed by atoms with Crippen molar-refractivity contribution in [1.29, 1.82) is 0 Å². The molecule has 0 N–H and O–H groups in total. The summed E-state index contributed by atoms with van der Waals surface area (Å²) in [4.78, 5) is 13.0. The number of carbonyl (C=O) groups is 1. The van der Waals surface area contributed by atoms with Gasteiger partial charge in [0.2, 0.25) is 0 Å². The number of esters is 1. The van der Waals surface area contributed by atoms with Crippen LogP contribution in [0.4, 0.5) is 0 Å². The summed E-state index contributed by atoms with van der Waals surface area (Å²) in [7, 11) is 3.47. The predicted molar refractivity (Wildman–Crippen MR) is 205 cm³/mol.